The van der Waals surface area contributed by atoms with Crippen LogP contribution in [0.3, 0.4) is 0 Å². The van der Waals surface area contributed by atoms with Gasteiger partial charge in [0, 0.05) is 18.5 Å². The maximum Gasteiger partial charge on any atom is 0.213 e. The highest BCUT2D eigenvalue weighted by Crippen LogP contribution is 2.17. The van der Waals surface area contributed by atoms with Gasteiger partial charge in [-0.3, -0.25) is 0 Å². The molecule has 0 bridgehead atoms. The van der Waals surface area contributed by atoms with Crippen LogP contribution in [0.25, 0.3) is 0 Å². The van der Waals surface area contributed by atoms with Crippen LogP contribution in [0.15, 0.2) is 0 Å². The molecule has 1 unspecified atom stereocenters. The van der Waals surface area contributed by atoms with Gasteiger partial charge in [0.1, 0.15) is 0 Å². The van der Waals surface area contributed by atoms with E-state index in [-0.39, 0.29) is 11.1 Å². The lowest BCUT2D eigenvalue weighted by Crippen LogP contribution is -2.41. The number of piperidine rings is 1. The van der Waals surface area contributed by atoms with E-state index in [1.54, 1.807) is 6.92 Å². The third-order valence-electron chi connectivity index (χ3n) is 2.08. The second-order valence-electron chi connectivity index (χ2n) is 3.00. The predicted octanol–water partition coefficient (Wildman–Crippen LogP) is 1.04. The minimum absolute atomic E-state index is 0.0000694. The molecule has 0 aliphatic carbocycles. The van der Waals surface area contributed by atoms with Crippen molar-refractivity contribution in [1.29, 1.82) is 0 Å². The van der Waals surface area contributed by atoms with Crippen molar-refractivity contribution in [2.75, 3.05) is 18.8 Å². The van der Waals surface area contributed by atoms with Crippen LogP contribution in [0.4, 0.5) is 0 Å². The molecule has 1 heterocycles. The van der Waals surface area contributed by atoms with E-state index in [4.69, 9.17) is 11.6 Å². The first kappa shape index (κ1) is 10.3. The zero-order valence-corrected chi connectivity index (χ0v) is 8.74. The van der Waals surface area contributed by atoms with E-state index in [2.05, 4.69) is 0 Å². The minimum atomic E-state index is -3.01. The average Bonchev–Trinajstić information content (AvgIpc) is 2.05. The number of rotatable bonds is 2. The number of halogens is 1. The Balaban J connectivity index is 2.63. The lowest BCUT2D eigenvalue weighted by molar-refractivity contribution is 0.351. The Bertz CT molecular complexity index is 240. The molecule has 0 aromatic carbocycles. The second kappa shape index (κ2) is 3.94. The number of nitrogens with zero attached hydrogens (tertiary/aromatic N) is 1. The normalized spacial score (nSPS) is 27.3. The van der Waals surface area contributed by atoms with Crippen molar-refractivity contribution >= 4 is 21.6 Å². The van der Waals surface area contributed by atoms with Crippen LogP contribution in [0.2, 0.25) is 0 Å². The summed E-state index contributed by atoms with van der Waals surface area (Å²) >= 11 is 5.87. The van der Waals surface area contributed by atoms with Crippen LogP contribution < -0.4 is 0 Å². The summed E-state index contributed by atoms with van der Waals surface area (Å²) in [6.45, 7) is 2.78. The molecule has 0 N–H and O–H groups in total. The van der Waals surface area contributed by atoms with E-state index >= 15 is 0 Å². The van der Waals surface area contributed by atoms with Crippen LogP contribution in [0, 0.1) is 0 Å². The fraction of sp³-hybridized carbons (Fsp3) is 1.00. The lowest BCUT2D eigenvalue weighted by atomic mass is 10.2. The number of hydrogen-bond acceptors (Lipinski definition) is 2. The molecule has 12 heavy (non-hydrogen) atoms. The first-order valence-electron chi connectivity index (χ1n) is 4.18. The topological polar surface area (TPSA) is 37.4 Å². The molecule has 5 heteroatoms. The van der Waals surface area contributed by atoms with Gasteiger partial charge >= 0.3 is 0 Å². The summed E-state index contributed by atoms with van der Waals surface area (Å²) in [5, 5.41) is 0.0000694. The van der Waals surface area contributed by atoms with Crippen molar-refractivity contribution in [3.8, 4) is 0 Å². The van der Waals surface area contributed by atoms with Gasteiger partial charge in [-0.05, 0) is 19.8 Å². The van der Waals surface area contributed by atoms with Gasteiger partial charge < -0.3 is 0 Å². The van der Waals surface area contributed by atoms with Gasteiger partial charge in [0.25, 0.3) is 0 Å². The predicted molar refractivity (Wildman–Crippen MR) is 49.9 cm³/mol. The summed E-state index contributed by atoms with van der Waals surface area (Å²) in [5.41, 5.74) is 0. The zero-order chi connectivity index (χ0) is 9.19. The quantitative estimate of drug-likeness (QED) is 0.641. The summed E-state index contributed by atoms with van der Waals surface area (Å²) in [5.74, 6) is 0.177. The van der Waals surface area contributed by atoms with Gasteiger partial charge in [-0.25, -0.2) is 12.7 Å². The summed E-state index contributed by atoms with van der Waals surface area (Å²) in [4.78, 5) is 0. The fourth-order valence-corrected chi connectivity index (χ4v) is 2.91. The molecule has 1 aliphatic heterocycles. The largest absolute Gasteiger partial charge is 0.213 e. The molecule has 0 amide bonds. The first-order valence-corrected chi connectivity index (χ1v) is 6.22. The molecular formula is C7H14ClNO2S. The van der Waals surface area contributed by atoms with Crippen molar-refractivity contribution in [2.45, 2.75) is 25.1 Å². The molecule has 1 rings (SSSR count). The molecule has 0 aromatic heterocycles. The van der Waals surface area contributed by atoms with Gasteiger partial charge in [-0.15, -0.1) is 11.6 Å². The Kier molecular flexibility index (Phi) is 3.37. The van der Waals surface area contributed by atoms with Crippen LogP contribution in [0.1, 0.15) is 19.8 Å². The summed E-state index contributed by atoms with van der Waals surface area (Å²) in [7, 11) is -3.01. The molecule has 72 valence electrons. The summed E-state index contributed by atoms with van der Waals surface area (Å²) < 4.78 is 24.2. The molecule has 1 aliphatic rings. The second-order valence-corrected chi connectivity index (χ2v) is 5.87. The highest BCUT2D eigenvalue weighted by atomic mass is 35.5. The van der Waals surface area contributed by atoms with Crippen LogP contribution >= 0.6 is 11.6 Å². The molecule has 1 saturated heterocycles. The number of sulfonamides is 1. The lowest BCUT2D eigenvalue weighted by Gasteiger charge is -2.28. The van der Waals surface area contributed by atoms with E-state index < -0.39 is 10.0 Å². The highest BCUT2D eigenvalue weighted by molar-refractivity contribution is 7.89. The molecule has 0 radical (unpaired) electrons. The molecule has 1 atom stereocenters. The molecule has 3 nitrogen and oxygen atoms in total. The van der Waals surface area contributed by atoms with Gasteiger partial charge in [0.2, 0.25) is 10.0 Å². The molecule has 1 fully saturated rings. The van der Waals surface area contributed by atoms with Crippen LogP contribution in [0.5, 0.6) is 0 Å². The van der Waals surface area contributed by atoms with E-state index in [1.165, 1.54) is 4.31 Å². The molecule has 0 saturated carbocycles. The van der Waals surface area contributed by atoms with E-state index in [9.17, 15) is 8.42 Å². The first-order chi connectivity index (χ1) is 5.56. The van der Waals surface area contributed by atoms with Gasteiger partial charge in [-0.2, -0.15) is 0 Å². The maximum absolute atomic E-state index is 11.4. The van der Waals surface area contributed by atoms with Gasteiger partial charge in [0.15, 0.2) is 0 Å². The van der Waals surface area contributed by atoms with Crippen molar-refractivity contribution in [2.24, 2.45) is 0 Å². The monoisotopic (exact) mass is 211 g/mol. The van der Waals surface area contributed by atoms with E-state index in [0.717, 1.165) is 12.8 Å². The van der Waals surface area contributed by atoms with Crippen molar-refractivity contribution in [1.82, 2.24) is 4.31 Å². The summed E-state index contributed by atoms with van der Waals surface area (Å²) in [6.07, 6.45) is 1.81. The smallest absolute Gasteiger partial charge is 0.212 e. The minimum Gasteiger partial charge on any atom is -0.212 e. The molecule has 0 aromatic rings. The number of alkyl halides is 1. The number of hydrogen-bond donors (Lipinski definition) is 0. The Morgan fingerprint density at radius 1 is 1.58 bits per heavy atom. The Morgan fingerprint density at radius 3 is 2.75 bits per heavy atom. The Hall–Kier alpha value is 0.200. The molecule has 0 spiro atoms. The van der Waals surface area contributed by atoms with E-state index in [1.807, 2.05) is 0 Å². The standard InChI is InChI=1S/C7H14ClNO2S/c1-2-12(10,11)9-5-3-4-7(8)6-9/h7H,2-6H2,1H3. The van der Waals surface area contributed by atoms with Gasteiger partial charge in [-0.1, -0.05) is 0 Å². The summed E-state index contributed by atoms with van der Waals surface area (Å²) in [6, 6.07) is 0. The Morgan fingerprint density at radius 2 is 2.25 bits per heavy atom. The zero-order valence-electron chi connectivity index (χ0n) is 7.16. The van der Waals surface area contributed by atoms with E-state index in [0.29, 0.717) is 13.1 Å². The third kappa shape index (κ3) is 2.34. The van der Waals surface area contributed by atoms with Gasteiger partial charge in [0.05, 0.1) is 5.75 Å². The van der Waals surface area contributed by atoms with Crippen molar-refractivity contribution < 1.29 is 8.42 Å². The third-order valence-corrected chi connectivity index (χ3v) is 4.29. The molecular weight excluding hydrogens is 198 g/mol. The van der Waals surface area contributed by atoms with Crippen molar-refractivity contribution in [3.05, 3.63) is 0 Å². The van der Waals surface area contributed by atoms with Crippen LogP contribution in [-0.4, -0.2) is 36.9 Å². The fourth-order valence-electron chi connectivity index (χ4n) is 1.33. The maximum atomic E-state index is 11.4. The van der Waals surface area contributed by atoms with Crippen molar-refractivity contribution in [3.63, 3.8) is 0 Å². The highest BCUT2D eigenvalue weighted by Gasteiger charge is 2.26. The SMILES string of the molecule is CCS(=O)(=O)N1CCCC(Cl)C1. The van der Waals surface area contributed by atoms with Crippen LogP contribution in [-0.2, 0) is 10.0 Å². The average molecular weight is 212 g/mol. The Labute approximate surface area is 78.7 Å².